The van der Waals surface area contributed by atoms with Gasteiger partial charge in [-0.15, -0.1) is 0 Å². The Morgan fingerprint density at radius 3 is 3.00 bits per heavy atom. The molecule has 10 heteroatoms. The number of guanidine groups is 1. The lowest BCUT2D eigenvalue weighted by Crippen LogP contribution is -2.41. The predicted octanol–water partition coefficient (Wildman–Crippen LogP) is -0.533. The Morgan fingerprint density at radius 2 is 2.35 bits per heavy atom. The number of nitrogens with zero attached hydrogens (tertiary/aromatic N) is 2. The molecule has 1 fully saturated rings. The average Bonchev–Trinajstić information content (AvgIpc) is 3.14. The molecule has 0 aliphatic carbocycles. The van der Waals surface area contributed by atoms with E-state index in [4.69, 9.17) is 20.6 Å². The van der Waals surface area contributed by atoms with Crippen LogP contribution in [0.4, 0.5) is 0 Å². The van der Waals surface area contributed by atoms with E-state index in [0.29, 0.717) is 25.3 Å². The molecule has 2 unspecified atom stereocenters. The van der Waals surface area contributed by atoms with Crippen molar-refractivity contribution in [2.75, 3.05) is 26.7 Å². The third kappa shape index (κ3) is 5.73. The smallest absolute Gasteiger partial charge is 0.328 e. The van der Waals surface area contributed by atoms with Gasteiger partial charge in [-0.25, -0.2) is 9.78 Å². The molecule has 0 bridgehead atoms. The summed E-state index contributed by atoms with van der Waals surface area (Å²) < 4.78 is 10.2. The Kier molecular flexibility index (Phi) is 7.39. The van der Waals surface area contributed by atoms with Crippen molar-refractivity contribution in [2.24, 2.45) is 16.5 Å². The van der Waals surface area contributed by atoms with E-state index in [1.165, 1.54) is 13.4 Å². The Balaban J connectivity index is 1.94. The molecule has 1 aromatic heterocycles. The first kappa shape index (κ1) is 19.7. The van der Waals surface area contributed by atoms with Gasteiger partial charge in [0.2, 0.25) is 0 Å². The number of ether oxygens (including phenoxy) is 1. The number of oxazole rings is 1. The molecule has 1 aromatic rings. The van der Waals surface area contributed by atoms with Crippen LogP contribution in [-0.4, -0.2) is 55.6 Å². The molecule has 26 heavy (non-hydrogen) atoms. The number of hydrogen-bond donors (Lipinski definition) is 4. The van der Waals surface area contributed by atoms with Gasteiger partial charge in [0.1, 0.15) is 12.3 Å². The summed E-state index contributed by atoms with van der Waals surface area (Å²) in [7, 11) is 1.27. The number of aromatic nitrogens is 1. The highest BCUT2D eigenvalue weighted by molar-refractivity contribution is 5.94. The van der Waals surface area contributed by atoms with Gasteiger partial charge in [0.05, 0.1) is 7.11 Å². The fraction of sp³-hybridized carbons (Fsp3) is 0.625. The maximum Gasteiger partial charge on any atom is 0.328 e. The van der Waals surface area contributed by atoms with Crippen molar-refractivity contribution in [3.63, 3.8) is 0 Å². The molecule has 10 nitrogen and oxygen atoms in total. The van der Waals surface area contributed by atoms with E-state index in [9.17, 15) is 9.59 Å². The molecule has 0 aromatic carbocycles. The van der Waals surface area contributed by atoms with E-state index in [1.807, 2.05) is 0 Å². The Morgan fingerprint density at radius 1 is 1.54 bits per heavy atom. The minimum absolute atomic E-state index is 0.0176. The Bertz CT molecular complexity index is 634. The van der Waals surface area contributed by atoms with Crippen LogP contribution >= 0.6 is 0 Å². The predicted molar refractivity (Wildman–Crippen MR) is 94.5 cm³/mol. The van der Waals surface area contributed by atoms with Crippen LogP contribution in [0.3, 0.4) is 0 Å². The van der Waals surface area contributed by atoms with E-state index in [0.717, 1.165) is 25.9 Å². The topological polar surface area (TPSA) is 158 Å². The van der Waals surface area contributed by atoms with Crippen molar-refractivity contribution in [1.29, 1.82) is 0 Å². The van der Waals surface area contributed by atoms with Gasteiger partial charge in [-0.1, -0.05) is 0 Å². The second kappa shape index (κ2) is 9.76. The van der Waals surface area contributed by atoms with Crippen molar-refractivity contribution in [3.05, 3.63) is 17.8 Å². The van der Waals surface area contributed by atoms with E-state index >= 15 is 0 Å². The maximum atomic E-state index is 12.4. The van der Waals surface area contributed by atoms with E-state index in [-0.39, 0.29) is 17.6 Å². The summed E-state index contributed by atoms with van der Waals surface area (Å²) in [5.74, 6) is -0.355. The second-order valence-corrected chi connectivity index (χ2v) is 6.11. The highest BCUT2D eigenvalue weighted by atomic mass is 16.5. The fourth-order valence-electron chi connectivity index (χ4n) is 2.77. The monoisotopic (exact) mass is 366 g/mol. The number of piperidine rings is 1. The van der Waals surface area contributed by atoms with Crippen LogP contribution < -0.4 is 22.1 Å². The number of rotatable bonds is 8. The first-order chi connectivity index (χ1) is 12.5. The molecule has 1 amide bonds. The molecular formula is C16H26N6O4. The molecule has 1 saturated heterocycles. The first-order valence-corrected chi connectivity index (χ1v) is 8.61. The summed E-state index contributed by atoms with van der Waals surface area (Å²) in [6, 6.07) is -0.807. The van der Waals surface area contributed by atoms with Crippen LogP contribution in [0.15, 0.2) is 15.7 Å². The number of amides is 1. The lowest BCUT2D eigenvalue weighted by molar-refractivity contribution is -0.143. The van der Waals surface area contributed by atoms with Gasteiger partial charge < -0.3 is 31.3 Å². The number of esters is 1. The minimum Gasteiger partial charge on any atom is -0.467 e. The molecule has 0 spiro atoms. The van der Waals surface area contributed by atoms with E-state index in [2.05, 4.69) is 20.6 Å². The third-order valence-corrected chi connectivity index (χ3v) is 4.14. The highest BCUT2D eigenvalue weighted by Gasteiger charge is 2.25. The summed E-state index contributed by atoms with van der Waals surface area (Å²) in [6.45, 7) is 2.11. The van der Waals surface area contributed by atoms with Gasteiger partial charge in [0.15, 0.2) is 17.5 Å². The number of aliphatic imine (C=N–C) groups is 1. The van der Waals surface area contributed by atoms with Crippen molar-refractivity contribution < 1.29 is 18.7 Å². The summed E-state index contributed by atoms with van der Waals surface area (Å²) in [5, 5.41) is 5.90. The summed E-state index contributed by atoms with van der Waals surface area (Å²) in [5.41, 5.74) is 10.7. The van der Waals surface area contributed by atoms with Gasteiger partial charge in [0, 0.05) is 19.0 Å². The third-order valence-electron chi connectivity index (χ3n) is 4.14. The van der Waals surface area contributed by atoms with Crippen LogP contribution in [0.5, 0.6) is 0 Å². The molecule has 6 N–H and O–H groups in total. The minimum atomic E-state index is -0.807. The second-order valence-electron chi connectivity index (χ2n) is 6.11. The quantitative estimate of drug-likeness (QED) is 0.207. The van der Waals surface area contributed by atoms with E-state index in [1.54, 1.807) is 0 Å². The zero-order valence-electron chi connectivity index (χ0n) is 14.9. The number of methoxy groups -OCH3 is 1. The molecule has 0 saturated carbocycles. The number of hydrogen-bond acceptors (Lipinski definition) is 7. The van der Waals surface area contributed by atoms with Crippen molar-refractivity contribution in [2.45, 2.75) is 37.6 Å². The lowest BCUT2D eigenvalue weighted by Gasteiger charge is -2.19. The Labute approximate surface area is 151 Å². The van der Waals surface area contributed by atoms with E-state index < -0.39 is 17.9 Å². The molecule has 2 heterocycles. The van der Waals surface area contributed by atoms with Crippen LogP contribution in [0, 0.1) is 0 Å². The molecule has 2 rings (SSSR count). The molecule has 144 valence electrons. The Hall–Kier alpha value is -2.62. The largest absolute Gasteiger partial charge is 0.467 e. The normalized spacial score (nSPS) is 18.0. The van der Waals surface area contributed by atoms with Gasteiger partial charge in [-0.05, 0) is 32.2 Å². The van der Waals surface area contributed by atoms with Crippen LogP contribution in [0.2, 0.25) is 0 Å². The summed E-state index contributed by atoms with van der Waals surface area (Å²) >= 11 is 0. The maximum absolute atomic E-state index is 12.4. The zero-order valence-corrected chi connectivity index (χ0v) is 14.9. The molecular weight excluding hydrogens is 340 g/mol. The lowest BCUT2D eigenvalue weighted by atomic mass is 10.00. The van der Waals surface area contributed by atoms with Crippen molar-refractivity contribution >= 4 is 17.8 Å². The average molecular weight is 366 g/mol. The number of carbonyl (C=O) groups excluding carboxylic acids is 2. The zero-order chi connectivity index (χ0) is 18.9. The number of nitrogens with one attached hydrogen (secondary N) is 2. The van der Waals surface area contributed by atoms with Gasteiger partial charge in [-0.3, -0.25) is 9.79 Å². The van der Waals surface area contributed by atoms with Crippen LogP contribution in [-0.2, 0) is 9.53 Å². The van der Waals surface area contributed by atoms with Gasteiger partial charge in [0.25, 0.3) is 5.91 Å². The molecule has 2 atom stereocenters. The number of carbonyl (C=O) groups is 2. The van der Waals surface area contributed by atoms with Gasteiger partial charge in [-0.2, -0.15) is 0 Å². The fourth-order valence-corrected chi connectivity index (χ4v) is 2.77. The van der Waals surface area contributed by atoms with Crippen molar-refractivity contribution in [3.8, 4) is 0 Å². The molecule has 0 radical (unpaired) electrons. The molecule has 1 aliphatic rings. The standard InChI is InChI=1S/C16H26N6O4/c1-25-15(24)11(5-3-7-20-16(17)18)21-13(23)12-9-26-14(22-12)10-4-2-6-19-8-10/h9-11,19H,2-8H2,1H3,(H,21,23)(H4,17,18,20). The van der Waals surface area contributed by atoms with Crippen LogP contribution in [0.1, 0.15) is 48.0 Å². The highest BCUT2D eigenvalue weighted by Crippen LogP contribution is 2.22. The summed E-state index contributed by atoms with van der Waals surface area (Å²) in [4.78, 5) is 32.4. The van der Waals surface area contributed by atoms with Gasteiger partial charge >= 0.3 is 5.97 Å². The van der Waals surface area contributed by atoms with Crippen molar-refractivity contribution in [1.82, 2.24) is 15.6 Å². The number of nitrogens with two attached hydrogens (primary N) is 2. The van der Waals surface area contributed by atoms with Crippen LogP contribution in [0.25, 0.3) is 0 Å². The first-order valence-electron chi connectivity index (χ1n) is 8.61. The molecule has 1 aliphatic heterocycles. The summed E-state index contributed by atoms with van der Waals surface area (Å²) in [6.07, 6.45) is 4.16. The SMILES string of the molecule is COC(=O)C(CCCN=C(N)N)NC(=O)c1coc(C2CCCNC2)n1.